The highest BCUT2D eigenvalue weighted by Gasteiger charge is 2.18. The monoisotopic (exact) mass is 364 g/mol. The first-order valence-corrected chi connectivity index (χ1v) is 8.49. The molecule has 20 heavy (non-hydrogen) atoms. The SMILES string of the molecule is CN(C)S(=O)(=O)CCNCc1cc(Br)c2c(c1)OCO2. The molecule has 1 heterocycles. The van der Waals surface area contributed by atoms with E-state index in [-0.39, 0.29) is 12.5 Å². The van der Waals surface area contributed by atoms with Gasteiger partial charge in [-0.3, -0.25) is 0 Å². The summed E-state index contributed by atoms with van der Waals surface area (Å²) >= 11 is 3.42. The molecule has 0 saturated heterocycles. The van der Waals surface area contributed by atoms with Crippen molar-refractivity contribution >= 4 is 26.0 Å². The van der Waals surface area contributed by atoms with Gasteiger partial charge in [0.05, 0.1) is 10.2 Å². The van der Waals surface area contributed by atoms with Gasteiger partial charge in [0.1, 0.15) is 0 Å². The van der Waals surface area contributed by atoms with E-state index in [4.69, 9.17) is 9.47 Å². The number of ether oxygens (including phenoxy) is 2. The molecule has 0 bridgehead atoms. The molecule has 0 radical (unpaired) electrons. The highest BCUT2D eigenvalue weighted by Crippen LogP contribution is 2.39. The van der Waals surface area contributed by atoms with Crippen LogP contribution in [0.1, 0.15) is 5.56 Å². The van der Waals surface area contributed by atoms with Crippen LogP contribution in [0, 0.1) is 0 Å². The van der Waals surface area contributed by atoms with Gasteiger partial charge < -0.3 is 14.8 Å². The smallest absolute Gasteiger partial charge is 0.231 e. The number of hydrogen-bond donors (Lipinski definition) is 1. The summed E-state index contributed by atoms with van der Waals surface area (Å²) in [4.78, 5) is 0. The summed E-state index contributed by atoms with van der Waals surface area (Å²) in [6, 6.07) is 3.82. The van der Waals surface area contributed by atoms with Crippen molar-refractivity contribution in [3.8, 4) is 11.5 Å². The third kappa shape index (κ3) is 3.63. The molecule has 1 aliphatic heterocycles. The quantitative estimate of drug-likeness (QED) is 0.767. The minimum atomic E-state index is -3.15. The van der Waals surface area contributed by atoms with E-state index in [1.165, 1.54) is 18.4 Å². The van der Waals surface area contributed by atoms with E-state index in [0.717, 1.165) is 10.0 Å². The normalized spacial score (nSPS) is 14.0. The molecule has 0 saturated carbocycles. The summed E-state index contributed by atoms with van der Waals surface area (Å²) in [7, 11) is -0.0894. The summed E-state index contributed by atoms with van der Waals surface area (Å²) in [6.07, 6.45) is 0. The minimum Gasteiger partial charge on any atom is -0.454 e. The van der Waals surface area contributed by atoms with Crippen LogP contribution in [0.3, 0.4) is 0 Å². The van der Waals surface area contributed by atoms with Crippen LogP contribution >= 0.6 is 15.9 Å². The fourth-order valence-electron chi connectivity index (χ4n) is 1.74. The number of halogens is 1. The second-order valence-electron chi connectivity index (χ2n) is 4.59. The van der Waals surface area contributed by atoms with E-state index in [1.807, 2.05) is 12.1 Å². The average Bonchev–Trinajstić information content (AvgIpc) is 2.83. The van der Waals surface area contributed by atoms with Gasteiger partial charge in [-0.1, -0.05) is 0 Å². The predicted molar refractivity (Wildman–Crippen MR) is 79.4 cm³/mol. The number of benzene rings is 1. The van der Waals surface area contributed by atoms with Crippen LogP contribution in [0.4, 0.5) is 0 Å². The Morgan fingerprint density at radius 1 is 1.35 bits per heavy atom. The van der Waals surface area contributed by atoms with Gasteiger partial charge in [0.15, 0.2) is 11.5 Å². The zero-order valence-electron chi connectivity index (χ0n) is 11.3. The Morgan fingerprint density at radius 2 is 2.10 bits per heavy atom. The van der Waals surface area contributed by atoms with Crippen LogP contribution in [0.5, 0.6) is 11.5 Å². The standard InChI is InChI=1S/C12H17BrN2O4S/c1-15(2)20(16,17)4-3-14-7-9-5-10(13)12-11(6-9)18-8-19-12/h5-6,14H,3-4,7-8H2,1-2H3. The first kappa shape index (κ1) is 15.6. The van der Waals surface area contributed by atoms with E-state index in [1.54, 1.807) is 0 Å². The molecule has 1 aromatic rings. The van der Waals surface area contributed by atoms with Gasteiger partial charge in [-0.15, -0.1) is 0 Å². The lowest BCUT2D eigenvalue weighted by Crippen LogP contribution is -2.31. The van der Waals surface area contributed by atoms with E-state index in [9.17, 15) is 8.42 Å². The first-order chi connectivity index (χ1) is 9.40. The van der Waals surface area contributed by atoms with Crippen molar-refractivity contribution < 1.29 is 17.9 Å². The lowest BCUT2D eigenvalue weighted by molar-refractivity contribution is 0.173. The van der Waals surface area contributed by atoms with Crippen LogP contribution < -0.4 is 14.8 Å². The molecule has 1 N–H and O–H groups in total. The maximum absolute atomic E-state index is 11.6. The molecule has 0 spiro atoms. The van der Waals surface area contributed by atoms with Gasteiger partial charge in [0.25, 0.3) is 0 Å². The zero-order valence-corrected chi connectivity index (χ0v) is 13.8. The predicted octanol–water partition coefficient (Wildman–Crippen LogP) is 1.16. The van der Waals surface area contributed by atoms with Crippen molar-refractivity contribution in [2.45, 2.75) is 6.54 Å². The van der Waals surface area contributed by atoms with Crippen LogP contribution in [0.15, 0.2) is 16.6 Å². The highest BCUT2D eigenvalue weighted by molar-refractivity contribution is 9.10. The molecule has 1 aliphatic rings. The van der Waals surface area contributed by atoms with E-state index >= 15 is 0 Å². The summed E-state index contributed by atoms with van der Waals surface area (Å²) < 4.78 is 35.9. The Bertz CT molecular complexity index is 589. The minimum absolute atomic E-state index is 0.0751. The van der Waals surface area contributed by atoms with Gasteiger partial charge in [-0.05, 0) is 33.6 Å². The molecule has 8 heteroatoms. The molecule has 1 aromatic carbocycles. The van der Waals surface area contributed by atoms with Crippen molar-refractivity contribution in [2.75, 3.05) is 33.2 Å². The summed E-state index contributed by atoms with van der Waals surface area (Å²) in [5, 5.41) is 3.11. The molecule has 0 amide bonds. The molecule has 0 aromatic heterocycles. The summed E-state index contributed by atoms with van der Waals surface area (Å²) in [6.45, 7) is 1.19. The molecule has 0 unspecified atom stereocenters. The van der Waals surface area contributed by atoms with Crippen molar-refractivity contribution in [3.05, 3.63) is 22.2 Å². The fraction of sp³-hybridized carbons (Fsp3) is 0.500. The van der Waals surface area contributed by atoms with E-state index in [2.05, 4.69) is 21.2 Å². The molecular formula is C12H17BrN2O4S. The molecule has 6 nitrogen and oxygen atoms in total. The summed E-state index contributed by atoms with van der Waals surface area (Å²) in [5.41, 5.74) is 1.00. The molecular weight excluding hydrogens is 348 g/mol. The fourth-order valence-corrected chi connectivity index (χ4v) is 3.11. The molecule has 112 valence electrons. The van der Waals surface area contributed by atoms with Crippen LogP contribution in [-0.2, 0) is 16.6 Å². The third-order valence-corrected chi connectivity index (χ3v) is 5.33. The Balaban J connectivity index is 1.88. The zero-order chi connectivity index (χ0) is 14.8. The highest BCUT2D eigenvalue weighted by atomic mass is 79.9. The van der Waals surface area contributed by atoms with Crippen molar-refractivity contribution in [3.63, 3.8) is 0 Å². The Morgan fingerprint density at radius 3 is 2.80 bits per heavy atom. The van der Waals surface area contributed by atoms with Crippen molar-refractivity contribution in [1.82, 2.24) is 9.62 Å². The van der Waals surface area contributed by atoms with Gasteiger partial charge in [0, 0.05) is 27.2 Å². The largest absolute Gasteiger partial charge is 0.454 e. The number of nitrogens with one attached hydrogen (secondary N) is 1. The topological polar surface area (TPSA) is 67.9 Å². The Kier molecular flexibility index (Phi) is 4.90. The Hall–Kier alpha value is -0.830. The van der Waals surface area contributed by atoms with E-state index < -0.39 is 10.0 Å². The van der Waals surface area contributed by atoms with E-state index in [0.29, 0.717) is 24.6 Å². The number of sulfonamides is 1. The maximum Gasteiger partial charge on any atom is 0.231 e. The van der Waals surface area contributed by atoms with Crippen LogP contribution in [0.25, 0.3) is 0 Å². The van der Waals surface area contributed by atoms with Gasteiger partial charge >= 0.3 is 0 Å². The number of hydrogen-bond acceptors (Lipinski definition) is 5. The van der Waals surface area contributed by atoms with Crippen LogP contribution in [0.2, 0.25) is 0 Å². The number of fused-ring (bicyclic) bond motifs is 1. The van der Waals surface area contributed by atoms with Crippen molar-refractivity contribution in [1.29, 1.82) is 0 Å². The molecule has 0 aliphatic carbocycles. The number of rotatable bonds is 6. The third-order valence-electron chi connectivity index (χ3n) is 2.91. The molecule has 2 rings (SSSR count). The van der Waals surface area contributed by atoms with Gasteiger partial charge in [0.2, 0.25) is 16.8 Å². The lowest BCUT2D eigenvalue weighted by Gasteiger charge is -2.12. The first-order valence-electron chi connectivity index (χ1n) is 6.09. The van der Waals surface area contributed by atoms with Crippen molar-refractivity contribution in [2.24, 2.45) is 0 Å². The Labute approximate surface area is 127 Å². The summed E-state index contributed by atoms with van der Waals surface area (Å²) in [5.74, 6) is 1.49. The van der Waals surface area contributed by atoms with Gasteiger partial charge in [-0.25, -0.2) is 12.7 Å². The maximum atomic E-state index is 11.6. The lowest BCUT2D eigenvalue weighted by atomic mass is 10.2. The molecule has 0 atom stereocenters. The second-order valence-corrected chi connectivity index (χ2v) is 7.74. The molecule has 0 fully saturated rings. The van der Waals surface area contributed by atoms with Gasteiger partial charge in [-0.2, -0.15) is 0 Å². The number of nitrogens with zero attached hydrogens (tertiary/aromatic N) is 1. The van der Waals surface area contributed by atoms with Crippen LogP contribution in [-0.4, -0.2) is 45.9 Å². The second kappa shape index (κ2) is 6.30. The average molecular weight is 365 g/mol.